The minimum absolute atomic E-state index is 0.717. The van der Waals surface area contributed by atoms with Gasteiger partial charge in [0.1, 0.15) is 5.82 Å². The van der Waals surface area contributed by atoms with Crippen molar-refractivity contribution in [2.45, 2.75) is 19.4 Å². The summed E-state index contributed by atoms with van der Waals surface area (Å²) < 4.78 is 0. The van der Waals surface area contributed by atoms with Gasteiger partial charge in [-0.1, -0.05) is 0 Å². The molecule has 1 aromatic rings. The normalized spacial score (nSPS) is 25.6. The molecule has 0 aromatic carbocycles. The van der Waals surface area contributed by atoms with Gasteiger partial charge in [-0.05, 0) is 31.0 Å². The van der Waals surface area contributed by atoms with Crippen LogP contribution in [0.3, 0.4) is 0 Å². The van der Waals surface area contributed by atoms with Gasteiger partial charge in [0.05, 0.1) is 0 Å². The third-order valence-corrected chi connectivity index (χ3v) is 4.06. The number of hydrogen-bond donors (Lipinski definition) is 1. The van der Waals surface area contributed by atoms with Gasteiger partial charge in [-0.3, -0.25) is 4.90 Å². The van der Waals surface area contributed by atoms with Crippen LogP contribution < -0.4 is 10.2 Å². The van der Waals surface area contributed by atoms with Crippen LogP contribution in [-0.4, -0.2) is 55.2 Å². The first-order valence-electron chi connectivity index (χ1n) is 6.95. The number of rotatable bonds is 2. The van der Waals surface area contributed by atoms with Crippen molar-refractivity contribution in [3.63, 3.8) is 0 Å². The van der Waals surface area contributed by atoms with E-state index in [9.17, 15) is 0 Å². The van der Waals surface area contributed by atoms with Crippen LogP contribution in [0, 0.1) is 6.92 Å². The molecule has 1 N–H and O–H groups in total. The number of nitrogens with zero attached hydrogens (tertiary/aromatic N) is 3. The molecule has 2 fully saturated rings. The van der Waals surface area contributed by atoms with E-state index in [1.54, 1.807) is 0 Å². The molecule has 18 heavy (non-hydrogen) atoms. The van der Waals surface area contributed by atoms with E-state index in [4.69, 9.17) is 0 Å². The lowest BCUT2D eigenvalue weighted by Gasteiger charge is -2.32. The molecule has 2 aliphatic rings. The lowest BCUT2D eigenvalue weighted by molar-refractivity contribution is 0.185. The topological polar surface area (TPSA) is 31.4 Å². The van der Waals surface area contributed by atoms with Crippen molar-refractivity contribution in [2.75, 3.05) is 44.2 Å². The Labute approximate surface area is 109 Å². The zero-order valence-electron chi connectivity index (χ0n) is 11.1. The molecular weight excluding hydrogens is 224 g/mol. The van der Waals surface area contributed by atoms with Gasteiger partial charge in [0, 0.05) is 51.5 Å². The average Bonchev–Trinajstić information content (AvgIpc) is 2.89. The van der Waals surface area contributed by atoms with Gasteiger partial charge >= 0.3 is 0 Å². The number of pyridine rings is 1. The number of aromatic nitrogens is 1. The van der Waals surface area contributed by atoms with Crippen molar-refractivity contribution in [1.82, 2.24) is 15.2 Å². The highest BCUT2D eigenvalue weighted by Crippen LogP contribution is 2.22. The summed E-state index contributed by atoms with van der Waals surface area (Å²) in [5.74, 6) is 1.15. The van der Waals surface area contributed by atoms with Gasteiger partial charge in [0.15, 0.2) is 0 Å². The molecule has 98 valence electrons. The Bertz CT molecular complexity index is 401. The summed E-state index contributed by atoms with van der Waals surface area (Å²) in [6.07, 6.45) is 3.19. The summed E-state index contributed by atoms with van der Waals surface area (Å²) in [5, 5.41) is 3.42. The first-order chi connectivity index (χ1) is 8.83. The van der Waals surface area contributed by atoms with E-state index in [1.165, 1.54) is 25.1 Å². The Hall–Kier alpha value is -1.13. The second-order valence-electron chi connectivity index (χ2n) is 5.37. The fourth-order valence-corrected chi connectivity index (χ4v) is 2.99. The highest BCUT2D eigenvalue weighted by molar-refractivity contribution is 5.42. The summed E-state index contributed by atoms with van der Waals surface area (Å²) in [4.78, 5) is 9.56. The minimum atomic E-state index is 0.717. The number of anilines is 1. The van der Waals surface area contributed by atoms with Crippen LogP contribution in [0.25, 0.3) is 0 Å². The van der Waals surface area contributed by atoms with E-state index >= 15 is 0 Å². The molecule has 0 radical (unpaired) electrons. The molecule has 0 aliphatic carbocycles. The Morgan fingerprint density at radius 2 is 2.11 bits per heavy atom. The maximum atomic E-state index is 4.50. The highest BCUT2D eigenvalue weighted by Gasteiger charge is 2.28. The smallest absolute Gasteiger partial charge is 0.128 e. The van der Waals surface area contributed by atoms with Crippen LogP contribution in [-0.2, 0) is 0 Å². The van der Waals surface area contributed by atoms with Crippen molar-refractivity contribution >= 4 is 5.82 Å². The molecule has 1 aromatic heterocycles. The predicted molar refractivity (Wildman–Crippen MR) is 74.0 cm³/mol. The van der Waals surface area contributed by atoms with Crippen molar-refractivity contribution in [3.8, 4) is 0 Å². The van der Waals surface area contributed by atoms with Gasteiger partial charge in [-0.15, -0.1) is 0 Å². The first kappa shape index (κ1) is 11.9. The molecule has 1 atom stereocenters. The van der Waals surface area contributed by atoms with E-state index in [-0.39, 0.29) is 0 Å². The van der Waals surface area contributed by atoms with Gasteiger partial charge in [0.2, 0.25) is 0 Å². The van der Waals surface area contributed by atoms with Crippen LogP contribution >= 0.6 is 0 Å². The molecule has 0 saturated carbocycles. The van der Waals surface area contributed by atoms with Crippen LogP contribution in [0.5, 0.6) is 0 Å². The first-order valence-corrected chi connectivity index (χ1v) is 6.95. The molecule has 4 heteroatoms. The minimum Gasteiger partial charge on any atom is -0.355 e. The zero-order chi connectivity index (χ0) is 12.4. The molecule has 3 heterocycles. The summed E-state index contributed by atoms with van der Waals surface area (Å²) in [6, 6.07) is 4.97. The molecule has 3 rings (SSSR count). The number of piperazine rings is 1. The van der Waals surface area contributed by atoms with Crippen LogP contribution in [0.4, 0.5) is 5.82 Å². The molecule has 2 saturated heterocycles. The quantitative estimate of drug-likeness (QED) is 0.839. The molecule has 0 spiro atoms. The molecule has 0 bridgehead atoms. The van der Waals surface area contributed by atoms with Crippen molar-refractivity contribution in [2.24, 2.45) is 0 Å². The second-order valence-corrected chi connectivity index (χ2v) is 5.37. The molecule has 2 aliphatic heterocycles. The van der Waals surface area contributed by atoms with E-state index in [2.05, 4.69) is 39.2 Å². The summed E-state index contributed by atoms with van der Waals surface area (Å²) >= 11 is 0. The number of hydrogen-bond acceptors (Lipinski definition) is 4. The van der Waals surface area contributed by atoms with Gasteiger partial charge < -0.3 is 10.2 Å². The van der Waals surface area contributed by atoms with E-state index in [0.29, 0.717) is 0 Å². The van der Waals surface area contributed by atoms with Crippen molar-refractivity contribution in [3.05, 3.63) is 23.9 Å². The van der Waals surface area contributed by atoms with Crippen LogP contribution in [0.1, 0.15) is 12.0 Å². The Morgan fingerprint density at radius 1 is 1.28 bits per heavy atom. The zero-order valence-corrected chi connectivity index (χ0v) is 11.1. The van der Waals surface area contributed by atoms with E-state index < -0.39 is 0 Å². The lowest BCUT2D eigenvalue weighted by atomic mass is 10.2. The SMILES string of the molecule is Cc1ccnc(N2CCC(N3CCNCC3)C2)c1. The monoisotopic (exact) mass is 246 g/mol. The second kappa shape index (κ2) is 5.24. The molecule has 4 nitrogen and oxygen atoms in total. The Kier molecular flexibility index (Phi) is 3.48. The molecule has 0 amide bonds. The number of aryl methyl sites for hydroxylation is 1. The summed E-state index contributed by atoms with van der Waals surface area (Å²) in [7, 11) is 0. The number of nitrogens with one attached hydrogen (secondary N) is 1. The highest BCUT2D eigenvalue weighted by atomic mass is 15.3. The largest absolute Gasteiger partial charge is 0.355 e. The van der Waals surface area contributed by atoms with Crippen molar-refractivity contribution < 1.29 is 0 Å². The van der Waals surface area contributed by atoms with Gasteiger partial charge in [-0.25, -0.2) is 4.98 Å². The fraction of sp³-hybridized carbons (Fsp3) is 0.643. The van der Waals surface area contributed by atoms with Crippen LogP contribution in [0.15, 0.2) is 18.3 Å². The molecular formula is C14H22N4. The maximum absolute atomic E-state index is 4.50. The lowest BCUT2D eigenvalue weighted by Crippen LogP contribution is -2.49. The Morgan fingerprint density at radius 3 is 2.89 bits per heavy atom. The molecule has 1 unspecified atom stereocenters. The van der Waals surface area contributed by atoms with Gasteiger partial charge in [-0.2, -0.15) is 0 Å². The third-order valence-electron chi connectivity index (χ3n) is 4.06. The van der Waals surface area contributed by atoms with E-state index in [1.807, 2.05) is 6.20 Å². The Balaban J connectivity index is 1.64. The van der Waals surface area contributed by atoms with Crippen molar-refractivity contribution in [1.29, 1.82) is 0 Å². The fourth-order valence-electron chi connectivity index (χ4n) is 2.99. The third kappa shape index (κ3) is 2.49. The van der Waals surface area contributed by atoms with Gasteiger partial charge in [0.25, 0.3) is 0 Å². The van der Waals surface area contributed by atoms with E-state index in [0.717, 1.165) is 38.0 Å². The predicted octanol–water partition coefficient (Wildman–Crippen LogP) is 0.874. The summed E-state index contributed by atoms with van der Waals surface area (Å²) in [5.41, 5.74) is 1.30. The van der Waals surface area contributed by atoms with Crippen LogP contribution in [0.2, 0.25) is 0 Å². The maximum Gasteiger partial charge on any atom is 0.128 e. The summed E-state index contributed by atoms with van der Waals surface area (Å²) in [6.45, 7) is 9.08. The standard InChI is InChI=1S/C14H22N4/c1-12-2-4-16-14(10-12)18-7-3-13(11-18)17-8-5-15-6-9-17/h2,4,10,13,15H,3,5-9,11H2,1H3. The average molecular weight is 246 g/mol.